The highest BCUT2D eigenvalue weighted by Gasteiger charge is 2.18. The van der Waals surface area contributed by atoms with Gasteiger partial charge in [0.1, 0.15) is 0 Å². The zero-order chi connectivity index (χ0) is 11.6. The summed E-state index contributed by atoms with van der Waals surface area (Å²) in [6.45, 7) is 0. The second kappa shape index (κ2) is 5.29. The van der Waals surface area contributed by atoms with Crippen LogP contribution in [0.4, 0.5) is 0 Å². The Hall–Kier alpha value is -1.86. The van der Waals surface area contributed by atoms with Crippen LogP contribution >= 0.6 is 12.4 Å². The number of aromatic carboxylic acids is 1. The van der Waals surface area contributed by atoms with E-state index in [9.17, 15) is 14.4 Å². The zero-order valence-electron chi connectivity index (χ0n) is 8.26. The highest BCUT2D eigenvalue weighted by molar-refractivity contribution is 6.04. The van der Waals surface area contributed by atoms with Gasteiger partial charge in [0.2, 0.25) is 5.56 Å². The van der Waals surface area contributed by atoms with Gasteiger partial charge in [-0.25, -0.2) is 10.6 Å². The molecule has 0 bridgehead atoms. The smallest absolute Gasteiger partial charge is 0.338 e. The van der Waals surface area contributed by atoms with Crippen molar-refractivity contribution >= 4 is 24.3 Å². The lowest BCUT2D eigenvalue weighted by Crippen LogP contribution is -2.35. The van der Waals surface area contributed by atoms with Crippen LogP contribution in [-0.2, 0) is 0 Å². The molecule has 0 aliphatic heterocycles. The standard InChI is InChI=1S/C8H9N3O4.ClH/c1-11(9)7(13)4-2-6(12)10-3-5(4)8(14)15;/h2-3H,9H2,1H3,(H,10,12)(H,14,15);1H. The Morgan fingerprint density at radius 2 is 2.00 bits per heavy atom. The number of carboxylic acid groups (broad SMARTS) is 1. The maximum atomic E-state index is 11.4. The van der Waals surface area contributed by atoms with Crippen LogP contribution in [0.2, 0.25) is 0 Å². The lowest BCUT2D eigenvalue weighted by atomic mass is 10.1. The summed E-state index contributed by atoms with van der Waals surface area (Å²) in [5.41, 5.74) is -1.10. The highest BCUT2D eigenvalue weighted by Crippen LogP contribution is 2.06. The number of rotatable bonds is 2. The van der Waals surface area contributed by atoms with Crippen molar-refractivity contribution in [1.82, 2.24) is 9.99 Å². The number of nitrogens with two attached hydrogens (primary N) is 1. The molecule has 1 aromatic heterocycles. The molecule has 88 valence electrons. The van der Waals surface area contributed by atoms with E-state index in [4.69, 9.17) is 10.9 Å². The van der Waals surface area contributed by atoms with Crippen LogP contribution in [0.3, 0.4) is 0 Å². The van der Waals surface area contributed by atoms with Crippen molar-refractivity contribution in [3.05, 3.63) is 33.7 Å². The number of carbonyl (C=O) groups excluding carboxylic acids is 1. The molecule has 0 spiro atoms. The van der Waals surface area contributed by atoms with Crippen molar-refractivity contribution in [1.29, 1.82) is 0 Å². The van der Waals surface area contributed by atoms with Gasteiger partial charge >= 0.3 is 5.97 Å². The third-order valence-corrected chi connectivity index (χ3v) is 1.71. The molecule has 0 aliphatic carbocycles. The quantitative estimate of drug-likeness (QED) is 0.368. The lowest BCUT2D eigenvalue weighted by molar-refractivity contribution is 0.0681. The Morgan fingerprint density at radius 3 is 2.44 bits per heavy atom. The molecule has 0 atom stereocenters. The van der Waals surface area contributed by atoms with Gasteiger partial charge in [0, 0.05) is 19.3 Å². The maximum Gasteiger partial charge on any atom is 0.338 e. The minimum atomic E-state index is -1.31. The fourth-order valence-electron chi connectivity index (χ4n) is 1.02. The van der Waals surface area contributed by atoms with Crippen LogP contribution in [0.15, 0.2) is 17.1 Å². The summed E-state index contributed by atoms with van der Waals surface area (Å²) in [4.78, 5) is 35.2. The molecular weight excluding hydrogens is 238 g/mol. The number of pyridine rings is 1. The molecule has 0 aliphatic rings. The summed E-state index contributed by atoms with van der Waals surface area (Å²) in [7, 11) is 1.26. The van der Waals surface area contributed by atoms with Gasteiger partial charge in [0.15, 0.2) is 0 Å². The Labute approximate surface area is 96.2 Å². The number of carboxylic acids is 1. The molecule has 0 radical (unpaired) electrons. The van der Waals surface area contributed by atoms with Gasteiger partial charge in [-0.05, 0) is 0 Å². The van der Waals surface area contributed by atoms with Gasteiger partial charge < -0.3 is 10.1 Å². The number of hydrazine groups is 1. The first-order valence-electron chi connectivity index (χ1n) is 3.92. The van der Waals surface area contributed by atoms with E-state index in [1.165, 1.54) is 7.05 Å². The van der Waals surface area contributed by atoms with Crippen LogP contribution < -0.4 is 11.4 Å². The Balaban J connectivity index is 0.00000225. The van der Waals surface area contributed by atoms with Crippen molar-refractivity contribution in [2.24, 2.45) is 5.84 Å². The number of aromatic amines is 1. The molecule has 0 unspecified atom stereocenters. The number of amides is 1. The van der Waals surface area contributed by atoms with Crippen molar-refractivity contribution < 1.29 is 14.7 Å². The molecule has 0 aromatic carbocycles. The number of nitrogens with one attached hydrogen (secondary N) is 1. The third-order valence-electron chi connectivity index (χ3n) is 1.71. The summed E-state index contributed by atoms with van der Waals surface area (Å²) in [5.74, 6) is 3.12. The first kappa shape index (κ1) is 14.1. The van der Waals surface area contributed by atoms with E-state index in [0.717, 1.165) is 12.3 Å². The van der Waals surface area contributed by atoms with Crippen molar-refractivity contribution in [3.8, 4) is 0 Å². The van der Waals surface area contributed by atoms with E-state index in [-0.39, 0.29) is 23.5 Å². The van der Waals surface area contributed by atoms with E-state index in [2.05, 4.69) is 4.98 Å². The minimum Gasteiger partial charge on any atom is -0.478 e. The maximum absolute atomic E-state index is 11.4. The van der Waals surface area contributed by atoms with Crippen molar-refractivity contribution in [3.63, 3.8) is 0 Å². The molecule has 4 N–H and O–H groups in total. The van der Waals surface area contributed by atoms with Crippen LogP contribution in [0.5, 0.6) is 0 Å². The summed E-state index contributed by atoms with van der Waals surface area (Å²) in [6, 6.07) is 0.898. The van der Waals surface area contributed by atoms with Crippen LogP contribution in [0.1, 0.15) is 20.7 Å². The van der Waals surface area contributed by atoms with Crippen LogP contribution in [-0.4, -0.2) is 34.0 Å². The normalized spacial score (nSPS) is 9.12. The molecule has 1 rings (SSSR count). The molecule has 7 nitrogen and oxygen atoms in total. The fourth-order valence-corrected chi connectivity index (χ4v) is 1.02. The fraction of sp³-hybridized carbons (Fsp3) is 0.125. The SMILES string of the molecule is CN(N)C(=O)c1cc(=O)[nH]cc1C(=O)O.Cl. The van der Waals surface area contributed by atoms with E-state index in [1.807, 2.05) is 0 Å². The van der Waals surface area contributed by atoms with E-state index in [0.29, 0.717) is 5.01 Å². The predicted octanol–water partition coefficient (Wildman–Crippen LogP) is -0.559. The number of carbonyl (C=O) groups is 2. The minimum absolute atomic E-state index is 0. The molecule has 1 amide bonds. The first-order chi connectivity index (χ1) is 6.93. The average molecular weight is 248 g/mol. The number of halogens is 1. The second-order valence-electron chi connectivity index (χ2n) is 2.85. The summed E-state index contributed by atoms with van der Waals surface area (Å²) < 4.78 is 0. The zero-order valence-corrected chi connectivity index (χ0v) is 9.08. The monoisotopic (exact) mass is 247 g/mol. The van der Waals surface area contributed by atoms with Gasteiger partial charge in [-0.15, -0.1) is 12.4 Å². The van der Waals surface area contributed by atoms with Gasteiger partial charge in [-0.3, -0.25) is 14.6 Å². The summed E-state index contributed by atoms with van der Waals surface area (Å²) in [6.07, 6.45) is 0.960. The predicted molar refractivity (Wildman–Crippen MR) is 57.6 cm³/mol. The first-order valence-corrected chi connectivity index (χ1v) is 3.92. The number of hydrogen-bond donors (Lipinski definition) is 3. The Kier molecular flexibility index (Phi) is 4.67. The molecule has 1 heterocycles. The molecule has 1 aromatic rings. The van der Waals surface area contributed by atoms with E-state index >= 15 is 0 Å². The van der Waals surface area contributed by atoms with E-state index in [1.54, 1.807) is 0 Å². The Morgan fingerprint density at radius 1 is 1.44 bits per heavy atom. The largest absolute Gasteiger partial charge is 0.478 e. The van der Waals surface area contributed by atoms with Crippen LogP contribution in [0, 0.1) is 0 Å². The average Bonchev–Trinajstić information content (AvgIpc) is 2.15. The topological polar surface area (TPSA) is 116 Å². The van der Waals surface area contributed by atoms with Gasteiger partial charge in [-0.2, -0.15) is 0 Å². The molecule has 16 heavy (non-hydrogen) atoms. The van der Waals surface area contributed by atoms with Crippen molar-refractivity contribution in [2.45, 2.75) is 0 Å². The van der Waals surface area contributed by atoms with Crippen LogP contribution in [0.25, 0.3) is 0 Å². The lowest BCUT2D eigenvalue weighted by Gasteiger charge is -2.10. The van der Waals surface area contributed by atoms with Crippen molar-refractivity contribution in [2.75, 3.05) is 7.05 Å². The number of nitrogens with zero attached hydrogens (tertiary/aromatic N) is 1. The summed E-state index contributed by atoms with van der Waals surface area (Å²) in [5, 5.41) is 9.46. The van der Waals surface area contributed by atoms with Gasteiger partial charge in [0.25, 0.3) is 5.91 Å². The summed E-state index contributed by atoms with van der Waals surface area (Å²) >= 11 is 0. The Bertz CT molecular complexity index is 469. The molecular formula is C8H10ClN3O4. The third kappa shape index (κ3) is 2.81. The van der Waals surface area contributed by atoms with Gasteiger partial charge in [0.05, 0.1) is 11.1 Å². The van der Waals surface area contributed by atoms with E-state index < -0.39 is 17.4 Å². The molecule has 0 fully saturated rings. The highest BCUT2D eigenvalue weighted by atomic mass is 35.5. The molecule has 8 heteroatoms. The number of hydrogen-bond acceptors (Lipinski definition) is 4. The number of aromatic nitrogens is 1. The molecule has 0 saturated carbocycles. The number of H-pyrrole nitrogens is 1. The second-order valence-corrected chi connectivity index (χ2v) is 2.85. The van der Waals surface area contributed by atoms with Gasteiger partial charge in [-0.1, -0.05) is 0 Å². The molecule has 0 saturated heterocycles.